The first-order valence-electron chi connectivity index (χ1n) is 13.0. The van der Waals surface area contributed by atoms with Crippen molar-refractivity contribution in [3.8, 4) is 0 Å². The normalized spacial score (nSPS) is 29.9. The minimum atomic E-state index is -1.24. The van der Waals surface area contributed by atoms with Crippen LogP contribution in [0.1, 0.15) is 77.7 Å². The highest BCUT2D eigenvalue weighted by Crippen LogP contribution is 2.45. The number of benzene rings is 1. The Morgan fingerprint density at radius 2 is 1.94 bits per heavy atom. The number of nitrogens with one attached hydrogen (secondary N) is 2. The first-order chi connectivity index (χ1) is 16.6. The summed E-state index contributed by atoms with van der Waals surface area (Å²) in [7, 11) is 0. The van der Waals surface area contributed by atoms with Gasteiger partial charge in [-0.2, -0.15) is 0 Å². The summed E-state index contributed by atoms with van der Waals surface area (Å²) in [5.41, 5.74) is 0.851. The topological polar surface area (TPSA) is 98.7 Å². The lowest BCUT2D eigenvalue weighted by Crippen LogP contribution is -2.55. The standard InChI is InChI=1S/C28H39N3O4/c1-27(2,3)19-12-9-13-21(17-19)29-22-14-8-6-4-5-7-11-20-18-28(20,26(34)35)30-24(32)23-15-10-16-31(23)25(22)33/h7,9,11-13,17,20,22-23,29H,4-6,8,10,14-16,18H2,1-3H3,(H,30,32)(H,34,35). The molecule has 0 bridgehead atoms. The molecule has 4 atom stereocenters. The van der Waals surface area contributed by atoms with Crippen LogP contribution in [0.3, 0.4) is 0 Å². The number of fused-ring (bicyclic) bond motifs is 2. The van der Waals surface area contributed by atoms with Crippen LogP contribution in [0.5, 0.6) is 0 Å². The molecule has 4 unspecified atom stereocenters. The van der Waals surface area contributed by atoms with Crippen LogP contribution in [0.15, 0.2) is 36.4 Å². The first-order valence-corrected chi connectivity index (χ1v) is 13.0. The number of amides is 2. The van der Waals surface area contributed by atoms with Crippen molar-refractivity contribution in [3.05, 3.63) is 42.0 Å². The zero-order chi connectivity index (χ0) is 25.2. The number of carbonyl (C=O) groups is 3. The SMILES string of the molecule is CC(C)(C)c1cccc(NC2CCCCCC=CC3CC3(C(=O)O)NC(=O)C3CCCN3C2=O)c1. The third-order valence-corrected chi connectivity index (χ3v) is 7.68. The molecule has 4 rings (SSSR count). The maximum absolute atomic E-state index is 13.8. The van der Waals surface area contributed by atoms with Crippen LogP contribution in [0, 0.1) is 5.92 Å². The molecular weight excluding hydrogens is 442 g/mol. The van der Waals surface area contributed by atoms with Gasteiger partial charge in [-0.05, 0) is 61.6 Å². The van der Waals surface area contributed by atoms with E-state index in [0.29, 0.717) is 25.8 Å². The Labute approximate surface area is 208 Å². The van der Waals surface area contributed by atoms with Crippen molar-refractivity contribution in [3.63, 3.8) is 0 Å². The second kappa shape index (κ2) is 10.0. The lowest BCUT2D eigenvalue weighted by Gasteiger charge is -2.30. The molecule has 2 heterocycles. The number of aliphatic carboxylic acids is 1. The van der Waals surface area contributed by atoms with E-state index in [0.717, 1.165) is 37.8 Å². The molecule has 0 radical (unpaired) electrons. The lowest BCUT2D eigenvalue weighted by atomic mass is 9.87. The largest absolute Gasteiger partial charge is 0.479 e. The van der Waals surface area contributed by atoms with Crippen LogP contribution < -0.4 is 10.6 Å². The van der Waals surface area contributed by atoms with Gasteiger partial charge in [0, 0.05) is 18.2 Å². The summed E-state index contributed by atoms with van der Waals surface area (Å²) in [6, 6.07) is 7.14. The molecule has 1 saturated carbocycles. The minimum Gasteiger partial charge on any atom is -0.479 e. The van der Waals surface area contributed by atoms with E-state index in [9.17, 15) is 19.5 Å². The van der Waals surface area contributed by atoms with Crippen LogP contribution in [0.2, 0.25) is 0 Å². The van der Waals surface area contributed by atoms with Crippen LogP contribution >= 0.6 is 0 Å². The fourth-order valence-electron chi connectivity index (χ4n) is 5.35. The van der Waals surface area contributed by atoms with Crippen molar-refractivity contribution < 1.29 is 19.5 Å². The van der Waals surface area contributed by atoms with Crippen LogP contribution in [0.4, 0.5) is 5.69 Å². The van der Waals surface area contributed by atoms with Crippen LogP contribution in [-0.4, -0.2) is 52.0 Å². The maximum Gasteiger partial charge on any atom is 0.330 e. The molecule has 1 aromatic carbocycles. The number of nitrogens with zero attached hydrogens (tertiary/aromatic N) is 1. The van der Waals surface area contributed by atoms with Gasteiger partial charge in [0.25, 0.3) is 0 Å². The van der Waals surface area contributed by atoms with Gasteiger partial charge in [0.15, 0.2) is 0 Å². The fraction of sp³-hybridized carbons (Fsp3) is 0.607. The molecular formula is C28H39N3O4. The summed E-state index contributed by atoms with van der Waals surface area (Å²) in [4.78, 5) is 40.7. The van der Waals surface area contributed by atoms with Crippen molar-refractivity contribution >= 4 is 23.5 Å². The summed E-state index contributed by atoms with van der Waals surface area (Å²) in [5, 5.41) is 16.1. The van der Waals surface area contributed by atoms with E-state index in [1.54, 1.807) is 4.90 Å². The third kappa shape index (κ3) is 5.54. The van der Waals surface area contributed by atoms with Gasteiger partial charge in [-0.3, -0.25) is 9.59 Å². The minimum absolute atomic E-state index is 0.00408. The molecule has 3 aliphatic rings. The summed E-state index contributed by atoms with van der Waals surface area (Å²) in [6.07, 6.45) is 10.1. The average molecular weight is 482 g/mol. The van der Waals surface area contributed by atoms with E-state index in [-0.39, 0.29) is 23.1 Å². The van der Waals surface area contributed by atoms with E-state index >= 15 is 0 Å². The summed E-state index contributed by atoms with van der Waals surface area (Å²) < 4.78 is 0. The van der Waals surface area contributed by atoms with E-state index in [1.165, 1.54) is 5.56 Å². The zero-order valence-electron chi connectivity index (χ0n) is 21.2. The molecule has 3 N–H and O–H groups in total. The third-order valence-electron chi connectivity index (χ3n) is 7.68. The van der Waals surface area contributed by atoms with Crippen LogP contribution in [0.25, 0.3) is 0 Å². The predicted octanol–water partition coefficient (Wildman–Crippen LogP) is 4.24. The van der Waals surface area contributed by atoms with Gasteiger partial charge in [0.2, 0.25) is 11.8 Å². The number of carbonyl (C=O) groups excluding carboxylic acids is 2. The molecule has 2 amide bonds. The Morgan fingerprint density at radius 1 is 1.14 bits per heavy atom. The van der Waals surface area contributed by atoms with E-state index < -0.39 is 23.6 Å². The van der Waals surface area contributed by atoms with Gasteiger partial charge < -0.3 is 20.6 Å². The molecule has 7 nitrogen and oxygen atoms in total. The Kier molecular flexibility index (Phi) is 7.25. The molecule has 2 fully saturated rings. The average Bonchev–Trinajstić information content (AvgIpc) is 3.27. The van der Waals surface area contributed by atoms with Crippen molar-refractivity contribution in [2.45, 2.75) is 95.2 Å². The Bertz CT molecular complexity index is 998. The number of anilines is 1. The number of carboxylic acids is 1. The molecule has 190 valence electrons. The smallest absolute Gasteiger partial charge is 0.330 e. The molecule has 1 aromatic rings. The summed E-state index contributed by atoms with van der Waals surface area (Å²) in [6.45, 7) is 7.01. The van der Waals surface area contributed by atoms with E-state index in [4.69, 9.17) is 0 Å². The Morgan fingerprint density at radius 3 is 2.69 bits per heavy atom. The quantitative estimate of drug-likeness (QED) is 0.561. The maximum atomic E-state index is 13.8. The highest BCUT2D eigenvalue weighted by Gasteiger charge is 2.61. The summed E-state index contributed by atoms with van der Waals surface area (Å²) in [5.74, 6) is -1.62. The Balaban J connectivity index is 1.57. The van der Waals surface area contributed by atoms with E-state index in [1.807, 2.05) is 24.3 Å². The number of rotatable bonds is 3. The first kappa shape index (κ1) is 25.3. The van der Waals surface area contributed by atoms with Crippen molar-refractivity contribution in [2.24, 2.45) is 5.92 Å². The lowest BCUT2D eigenvalue weighted by molar-refractivity contribution is -0.145. The number of hydrogen-bond acceptors (Lipinski definition) is 4. The highest BCUT2D eigenvalue weighted by atomic mass is 16.4. The van der Waals surface area contributed by atoms with Gasteiger partial charge in [-0.15, -0.1) is 0 Å². The van der Waals surface area contributed by atoms with Gasteiger partial charge >= 0.3 is 5.97 Å². The Hall–Kier alpha value is -2.83. The fourth-order valence-corrected chi connectivity index (χ4v) is 5.35. The monoisotopic (exact) mass is 481 g/mol. The molecule has 35 heavy (non-hydrogen) atoms. The summed E-state index contributed by atoms with van der Waals surface area (Å²) >= 11 is 0. The molecule has 0 spiro atoms. The molecule has 1 saturated heterocycles. The molecule has 0 aromatic heterocycles. The molecule has 1 aliphatic carbocycles. The van der Waals surface area contributed by atoms with Crippen molar-refractivity contribution in [2.75, 3.05) is 11.9 Å². The number of hydrogen-bond donors (Lipinski definition) is 3. The van der Waals surface area contributed by atoms with Gasteiger partial charge in [0.05, 0.1) is 0 Å². The van der Waals surface area contributed by atoms with E-state index in [2.05, 4.69) is 43.5 Å². The molecule has 7 heteroatoms. The van der Waals surface area contributed by atoms with Gasteiger partial charge in [-0.1, -0.05) is 57.9 Å². The predicted molar refractivity (Wildman–Crippen MR) is 136 cm³/mol. The highest BCUT2D eigenvalue weighted by molar-refractivity contribution is 5.96. The molecule has 2 aliphatic heterocycles. The second-order valence-electron chi connectivity index (χ2n) is 11.4. The van der Waals surface area contributed by atoms with Crippen molar-refractivity contribution in [1.82, 2.24) is 10.2 Å². The zero-order valence-corrected chi connectivity index (χ0v) is 21.2. The second-order valence-corrected chi connectivity index (χ2v) is 11.4. The van der Waals surface area contributed by atoms with Gasteiger partial charge in [-0.25, -0.2) is 4.79 Å². The van der Waals surface area contributed by atoms with Gasteiger partial charge in [0.1, 0.15) is 17.6 Å². The van der Waals surface area contributed by atoms with Crippen LogP contribution in [-0.2, 0) is 19.8 Å². The van der Waals surface area contributed by atoms with Crippen molar-refractivity contribution in [1.29, 1.82) is 0 Å². The number of allylic oxidation sites excluding steroid dienone is 1. The number of carboxylic acid groups (broad SMARTS) is 1.